The first-order chi connectivity index (χ1) is 8.51. The SMILES string of the molecule is COc1c(C)cc(Br)c(C)c1CCC(C)CCN. The highest BCUT2D eigenvalue weighted by molar-refractivity contribution is 9.10. The van der Waals surface area contributed by atoms with E-state index in [2.05, 4.69) is 42.8 Å². The molecule has 1 unspecified atom stereocenters. The van der Waals surface area contributed by atoms with Gasteiger partial charge in [-0.3, -0.25) is 0 Å². The molecular formula is C15H24BrNO. The molecule has 1 atom stereocenters. The molecule has 2 nitrogen and oxygen atoms in total. The third kappa shape index (κ3) is 3.72. The van der Waals surface area contributed by atoms with E-state index >= 15 is 0 Å². The van der Waals surface area contributed by atoms with Crippen LogP contribution in [0, 0.1) is 19.8 Å². The third-order valence-electron chi connectivity index (χ3n) is 3.54. The molecule has 0 amide bonds. The number of methoxy groups -OCH3 is 1. The molecule has 0 aromatic heterocycles. The molecule has 1 aromatic rings. The van der Waals surface area contributed by atoms with Crippen LogP contribution in [0.2, 0.25) is 0 Å². The third-order valence-corrected chi connectivity index (χ3v) is 4.36. The Kier molecular flexibility index (Phi) is 6.16. The van der Waals surface area contributed by atoms with Crippen LogP contribution in [0.5, 0.6) is 5.75 Å². The van der Waals surface area contributed by atoms with E-state index in [0.29, 0.717) is 5.92 Å². The van der Waals surface area contributed by atoms with Gasteiger partial charge in [0.05, 0.1) is 7.11 Å². The molecule has 0 spiro atoms. The Bertz CT molecular complexity index is 404. The second-order valence-corrected chi connectivity index (χ2v) is 5.89. The molecule has 0 bridgehead atoms. The van der Waals surface area contributed by atoms with E-state index in [1.54, 1.807) is 7.11 Å². The summed E-state index contributed by atoms with van der Waals surface area (Å²) in [6, 6.07) is 2.13. The van der Waals surface area contributed by atoms with Gasteiger partial charge in [0.2, 0.25) is 0 Å². The van der Waals surface area contributed by atoms with Gasteiger partial charge in [0.25, 0.3) is 0 Å². The molecule has 0 aliphatic carbocycles. The van der Waals surface area contributed by atoms with Gasteiger partial charge in [-0.25, -0.2) is 0 Å². The maximum atomic E-state index is 5.60. The largest absolute Gasteiger partial charge is 0.496 e. The Labute approximate surface area is 119 Å². The fraction of sp³-hybridized carbons (Fsp3) is 0.600. The summed E-state index contributed by atoms with van der Waals surface area (Å²) in [4.78, 5) is 0. The zero-order valence-corrected chi connectivity index (χ0v) is 13.4. The molecule has 0 fully saturated rings. The molecule has 3 heteroatoms. The molecule has 102 valence electrons. The minimum atomic E-state index is 0.665. The second-order valence-electron chi connectivity index (χ2n) is 5.03. The number of rotatable bonds is 6. The molecule has 0 aliphatic heterocycles. The minimum Gasteiger partial charge on any atom is -0.496 e. The second kappa shape index (κ2) is 7.15. The van der Waals surface area contributed by atoms with Crippen LogP contribution in [-0.4, -0.2) is 13.7 Å². The van der Waals surface area contributed by atoms with Gasteiger partial charge >= 0.3 is 0 Å². The lowest BCUT2D eigenvalue weighted by Gasteiger charge is -2.17. The van der Waals surface area contributed by atoms with Gasteiger partial charge in [0.15, 0.2) is 0 Å². The predicted molar refractivity (Wildman–Crippen MR) is 81.3 cm³/mol. The molecule has 0 aliphatic rings. The van der Waals surface area contributed by atoms with Crippen molar-refractivity contribution in [2.45, 2.75) is 40.0 Å². The van der Waals surface area contributed by atoms with Gasteiger partial charge in [-0.05, 0) is 68.3 Å². The first-order valence-corrected chi connectivity index (χ1v) is 7.33. The van der Waals surface area contributed by atoms with Crippen molar-refractivity contribution in [1.82, 2.24) is 0 Å². The van der Waals surface area contributed by atoms with E-state index < -0.39 is 0 Å². The first kappa shape index (κ1) is 15.5. The average Bonchev–Trinajstić information content (AvgIpc) is 2.32. The number of nitrogens with two attached hydrogens (primary N) is 1. The van der Waals surface area contributed by atoms with Crippen molar-refractivity contribution in [3.05, 3.63) is 27.2 Å². The molecule has 0 saturated carbocycles. The molecule has 18 heavy (non-hydrogen) atoms. The van der Waals surface area contributed by atoms with Crippen LogP contribution >= 0.6 is 15.9 Å². The van der Waals surface area contributed by atoms with E-state index in [9.17, 15) is 0 Å². The zero-order chi connectivity index (χ0) is 13.7. The van der Waals surface area contributed by atoms with Gasteiger partial charge < -0.3 is 10.5 Å². The van der Waals surface area contributed by atoms with Gasteiger partial charge in [-0.1, -0.05) is 22.9 Å². The highest BCUT2D eigenvalue weighted by atomic mass is 79.9. The van der Waals surface area contributed by atoms with E-state index in [4.69, 9.17) is 10.5 Å². The van der Waals surface area contributed by atoms with Crippen LogP contribution in [0.15, 0.2) is 10.5 Å². The topological polar surface area (TPSA) is 35.2 Å². The van der Waals surface area contributed by atoms with Crippen molar-refractivity contribution in [3.8, 4) is 5.75 Å². The summed E-state index contributed by atoms with van der Waals surface area (Å²) in [5.41, 5.74) is 9.41. The van der Waals surface area contributed by atoms with Gasteiger partial charge in [0, 0.05) is 4.47 Å². The summed E-state index contributed by atoms with van der Waals surface area (Å²) in [6.45, 7) is 7.28. The molecular weight excluding hydrogens is 290 g/mol. The number of halogens is 1. The van der Waals surface area contributed by atoms with Crippen molar-refractivity contribution in [2.24, 2.45) is 11.7 Å². The smallest absolute Gasteiger partial charge is 0.125 e. The predicted octanol–water partition coefficient (Wildman–Crippen LogP) is 3.99. The van der Waals surface area contributed by atoms with Crippen LogP contribution < -0.4 is 10.5 Å². The Morgan fingerprint density at radius 1 is 1.33 bits per heavy atom. The Morgan fingerprint density at radius 3 is 2.56 bits per heavy atom. The molecule has 1 aromatic carbocycles. The number of hydrogen-bond acceptors (Lipinski definition) is 2. The summed E-state index contributed by atoms with van der Waals surface area (Å²) >= 11 is 3.62. The van der Waals surface area contributed by atoms with Gasteiger partial charge in [-0.15, -0.1) is 0 Å². The fourth-order valence-corrected chi connectivity index (χ4v) is 2.90. The summed E-state index contributed by atoms with van der Waals surface area (Å²) < 4.78 is 6.73. The summed E-state index contributed by atoms with van der Waals surface area (Å²) in [6.07, 6.45) is 3.30. The molecule has 2 N–H and O–H groups in total. The van der Waals surface area contributed by atoms with Crippen LogP contribution in [0.4, 0.5) is 0 Å². The number of benzene rings is 1. The minimum absolute atomic E-state index is 0.665. The molecule has 1 rings (SSSR count). The van der Waals surface area contributed by atoms with Crippen LogP contribution in [0.1, 0.15) is 36.5 Å². The normalized spacial score (nSPS) is 12.6. The van der Waals surface area contributed by atoms with Crippen LogP contribution in [-0.2, 0) is 6.42 Å². The van der Waals surface area contributed by atoms with Gasteiger partial charge in [-0.2, -0.15) is 0 Å². The van der Waals surface area contributed by atoms with Crippen molar-refractivity contribution < 1.29 is 4.74 Å². The quantitative estimate of drug-likeness (QED) is 0.861. The summed E-state index contributed by atoms with van der Waals surface area (Å²) in [7, 11) is 1.75. The molecule has 0 heterocycles. The van der Waals surface area contributed by atoms with Crippen molar-refractivity contribution in [1.29, 1.82) is 0 Å². The Hall–Kier alpha value is -0.540. The Balaban J connectivity index is 2.92. The van der Waals surface area contributed by atoms with E-state index in [1.807, 2.05) is 0 Å². The molecule has 0 radical (unpaired) electrons. The highest BCUT2D eigenvalue weighted by Gasteiger charge is 2.14. The van der Waals surface area contributed by atoms with Crippen molar-refractivity contribution in [3.63, 3.8) is 0 Å². The molecule has 0 saturated heterocycles. The Morgan fingerprint density at radius 2 is 2.00 bits per heavy atom. The average molecular weight is 314 g/mol. The van der Waals surface area contributed by atoms with Crippen molar-refractivity contribution in [2.75, 3.05) is 13.7 Å². The fourth-order valence-electron chi connectivity index (χ4n) is 2.32. The maximum absolute atomic E-state index is 5.60. The number of aryl methyl sites for hydroxylation is 1. The first-order valence-electron chi connectivity index (χ1n) is 6.53. The lowest BCUT2D eigenvalue weighted by molar-refractivity contribution is 0.402. The number of hydrogen-bond donors (Lipinski definition) is 1. The monoisotopic (exact) mass is 313 g/mol. The highest BCUT2D eigenvalue weighted by Crippen LogP contribution is 2.33. The maximum Gasteiger partial charge on any atom is 0.125 e. The zero-order valence-electron chi connectivity index (χ0n) is 11.8. The lowest BCUT2D eigenvalue weighted by atomic mass is 9.94. The van der Waals surface area contributed by atoms with Crippen molar-refractivity contribution >= 4 is 15.9 Å². The number of ether oxygens (including phenoxy) is 1. The van der Waals surface area contributed by atoms with Crippen LogP contribution in [0.25, 0.3) is 0 Å². The summed E-state index contributed by atoms with van der Waals surface area (Å²) in [5, 5.41) is 0. The van der Waals surface area contributed by atoms with Crippen LogP contribution in [0.3, 0.4) is 0 Å². The standard InChI is InChI=1S/C15H24BrNO/c1-10(7-8-17)5-6-13-12(3)14(16)9-11(2)15(13)18-4/h9-10H,5-8,17H2,1-4H3. The van der Waals surface area contributed by atoms with Gasteiger partial charge in [0.1, 0.15) is 5.75 Å². The van der Waals surface area contributed by atoms with E-state index in [1.165, 1.54) is 21.2 Å². The lowest BCUT2D eigenvalue weighted by Crippen LogP contribution is -2.08. The summed E-state index contributed by atoms with van der Waals surface area (Å²) in [5.74, 6) is 1.70. The van der Waals surface area contributed by atoms with E-state index in [-0.39, 0.29) is 0 Å². The van der Waals surface area contributed by atoms with E-state index in [0.717, 1.165) is 31.6 Å².